The first-order chi connectivity index (χ1) is 11.2. The molecule has 1 aliphatic rings. The number of nitrogens with zero attached hydrogens (tertiary/aromatic N) is 1. The molecule has 0 amide bonds. The van der Waals surface area contributed by atoms with E-state index in [0.29, 0.717) is 0 Å². The van der Waals surface area contributed by atoms with Gasteiger partial charge in [0.15, 0.2) is 0 Å². The van der Waals surface area contributed by atoms with Crippen molar-refractivity contribution >= 4 is 6.08 Å². The number of benzene rings is 1. The fourth-order valence-electron chi connectivity index (χ4n) is 3.66. The van der Waals surface area contributed by atoms with Gasteiger partial charge in [0.05, 0.1) is 0 Å². The highest BCUT2D eigenvalue weighted by Gasteiger charge is 2.22. The molecule has 2 nitrogen and oxygen atoms in total. The zero-order valence-corrected chi connectivity index (χ0v) is 15.0. The summed E-state index contributed by atoms with van der Waals surface area (Å²) in [6, 6.07) is 10.6. The van der Waals surface area contributed by atoms with Crippen LogP contribution in [0.5, 0.6) is 0 Å². The summed E-state index contributed by atoms with van der Waals surface area (Å²) in [5.41, 5.74) is 7.11. The zero-order chi connectivity index (χ0) is 16.5. The van der Waals surface area contributed by atoms with E-state index in [9.17, 15) is 0 Å². The van der Waals surface area contributed by atoms with Crippen molar-refractivity contribution in [1.82, 2.24) is 4.90 Å². The van der Waals surface area contributed by atoms with Crippen molar-refractivity contribution < 1.29 is 0 Å². The van der Waals surface area contributed by atoms with Crippen LogP contribution in [0.2, 0.25) is 0 Å². The molecule has 23 heavy (non-hydrogen) atoms. The summed E-state index contributed by atoms with van der Waals surface area (Å²) < 4.78 is 0. The fourth-order valence-corrected chi connectivity index (χ4v) is 3.66. The van der Waals surface area contributed by atoms with Gasteiger partial charge in [-0.3, -0.25) is 4.90 Å². The molecule has 0 heterocycles. The Kier molecular flexibility index (Phi) is 7.84. The van der Waals surface area contributed by atoms with E-state index in [1.807, 2.05) is 0 Å². The van der Waals surface area contributed by atoms with Crippen molar-refractivity contribution in [2.24, 2.45) is 23.5 Å². The lowest BCUT2D eigenvalue weighted by molar-refractivity contribution is 0.181. The molecule has 0 saturated heterocycles. The molecule has 0 atom stereocenters. The molecule has 1 aromatic carbocycles. The zero-order valence-electron chi connectivity index (χ0n) is 15.0. The van der Waals surface area contributed by atoms with Gasteiger partial charge < -0.3 is 5.73 Å². The Labute approximate surface area is 142 Å². The molecule has 2 heteroatoms. The molecule has 0 bridgehead atoms. The second-order valence-electron chi connectivity index (χ2n) is 7.55. The van der Waals surface area contributed by atoms with Gasteiger partial charge >= 0.3 is 0 Å². The van der Waals surface area contributed by atoms with Gasteiger partial charge in [0, 0.05) is 19.6 Å². The summed E-state index contributed by atoms with van der Waals surface area (Å²) >= 11 is 0. The van der Waals surface area contributed by atoms with Crippen LogP contribution >= 0.6 is 0 Å². The van der Waals surface area contributed by atoms with Crippen molar-refractivity contribution in [3.8, 4) is 0 Å². The van der Waals surface area contributed by atoms with E-state index in [2.05, 4.69) is 61.2 Å². The van der Waals surface area contributed by atoms with Gasteiger partial charge in [0.25, 0.3) is 0 Å². The molecule has 1 aromatic rings. The minimum absolute atomic E-state index is 0.723. The lowest BCUT2D eigenvalue weighted by Gasteiger charge is -2.32. The highest BCUT2D eigenvalue weighted by atomic mass is 15.1. The Bertz CT molecular complexity index is 444. The molecule has 0 spiro atoms. The molecule has 128 valence electrons. The van der Waals surface area contributed by atoms with Gasteiger partial charge in [-0.05, 0) is 55.5 Å². The third-order valence-electron chi connectivity index (χ3n) is 4.91. The van der Waals surface area contributed by atoms with E-state index < -0.39 is 0 Å². The SMILES string of the molecule is CC(C)CN(CC=Cc1ccccc1)CC1CCC(CN)CC1. The van der Waals surface area contributed by atoms with Gasteiger partial charge in [-0.15, -0.1) is 0 Å². The Morgan fingerprint density at radius 1 is 1.09 bits per heavy atom. The second kappa shape index (κ2) is 9.89. The molecule has 1 aliphatic carbocycles. The van der Waals surface area contributed by atoms with Crippen LogP contribution in [-0.2, 0) is 0 Å². The first-order valence-corrected chi connectivity index (χ1v) is 9.31. The molecule has 2 rings (SSSR count). The highest BCUT2D eigenvalue weighted by Crippen LogP contribution is 2.28. The summed E-state index contributed by atoms with van der Waals surface area (Å²) in [6.07, 6.45) is 9.95. The van der Waals surface area contributed by atoms with Crippen LogP contribution in [0.25, 0.3) is 6.08 Å². The van der Waals surface area contributed by atoms with Crippen molar-refractivity contribution in [2.75, 3.05) is 26.2 Å². The van der Waals surface area contributed by atoms with Gasteiger partial charge in [0.1, 0.15) is 0 Å². The largest absolute Gasteiger partial charge is 0.330 e. The maximum absolute atomic E-state index is 5.82. The fraction of sp³-hybridized carbons (Fsp3) is 0.619. The van der Waals surface area contributed by atoms with Crippen LogP contribution in [0.3, 0.4) is 0 Å². The smallest absolute Gasteiger partial charge is 0.0166 e. The van der Waals surface area contributed by atoms with E-state index in [1.165, 1.54) is 44.3 Å². The van der Waals surface area contributed by atoms with Gasteiger partial charge in [0.2, 0.25) is 0 Å². The summed E-state index contributed by atoms with van der Waals surface area (Å²) in [7, 11) is 0. The van der Waals surface area contributed by atoms with Crippen molar-refractivity contribution in [3.63, 3.8) is 0 Å². The molecule has 1 saturated carbocycles. The number of nitrogens with two attached hydrogens (primary N) is 1. The predicted octanol–water partition coefficient (Wildman–Crippen LogP) is 4.42. The van der Waals surface area contributed by atoms with E-state index in [1.54, 1.807) is 0 Å². The number of hydrogen-bond acceptors (Lipinski definition) is 2. The second-order valence-corrected chi connectivity index (χ2v) is 7.55. The Hall–Kier alpha value is -1.12. The van der Waals surface area contributed by atoms with E-state index in [0.717, 1.165) is 30.8 Å². The number of hydrogen-bond donors (Lipinski definition) is 1. The topological polar surface area (TPSA) is 29.3 Å². The van der Waals surface area contributed by atoms with Crippen LogP contribution < -0.4 is 5.73 Å². The maximum atomic E-state index is 5.82. The third-order valence-corrected chi connectivity index (χ3v) is 4.91. The molecular weight excluding hydrogens is 280 g/mol. The van der Waals surface area contributed by atoms with Crippen LogP contribution in [0.1, 0.15) is 45.1 Å². The normalized spacial score (nSPS) is 22.3. The monoisotopic (exact) mass is 314 g/mol. The van der Waals surface area contributed by atoms with Crippen LogP contribution in [0.15, 0.2) is 36.4 Å². The van der Waals surface area contributed by atoms with E-state index >= 15 is 0 Å². The van der Waals surface area contributed by atoms with Crippen molar-refractivity contribution in [3.05, 3.63) is 42.0 Å². The standard InChI is InChI=1S/C21H34N2/c1-18(2)16-23(14-6-9-19-7-4-3-5-8-19)17-21-12-10-20(15-22)11-13-21/h3-9,18,20-21H,10-17,22H2,1-2H3. The molecule has 2 N–H and O–H groups in total. The van der Waals surface area contributed by atoms with Crippen molar-refractivity contribution in [1.29, 1.82) is 0 Å². The molecule has 0 radical (unpaired) electrons. The Morgan fingerprint density at radius 2 is 1.74 bits per heavy atom. The molecule has 1 fully saturated rings. The van der Waals surface area contributed by atoms with Gasteiger partial charge in [-0.2, -0.15) is 0 Å². The molecular formula is C21H34N2. The van der Waals surface area contributed by atoms with Crippen LogP contribution in [0.4, 0.5) is 0 Å². The summed E-state index contributed by atoms with van der Waals surface area (Å²) in [5.74, 6) is 2.37. The Balaban J connectivity index is 1.83. The average Bonchev–Trinajstić information content (AvgIpc) is 2.56. The first-order valence-electron chi connectivity index (χ1n) is 9.31. The summed E-state index contributed by atoms with van der Waals surface area (Å²) in [4.78, 5) is 2.64. The van der Waals surface area contributed by atoms with Crippen molar-refractivity contribution in [2.45, 2.75) is 39.5 Å². The minimum atomic E-state index is 0.723. The maximum Gasteiger partial charge on any atom is 0.0166 e. The summed E-state index contributed by atoms with van der Waals surface area (Å²) in [5, 5.41) is 0. The number of rotatable bonds is 8. The summed E-state index contributed by atoms with van der Waals surface area (Å²) in [6.45, 7) is 9.01. The van der Waals surface area contributed by atoms with Gasteiger partial charge in [-0.25, -0.2) is 0 Å². The van der Waals surface area contributed by atoms with Crippen LogP contribution in [0, 0.1) is 17.8 Å². The van der Waals surface area contributed by atoms with E-state index in [-0.39, 0.29) is 0 Å². The van der Waals surface area contributed by atoms with Crippen LogP contribution in [-0.4, -0.2) is 31.1 Å². The molecule has 0 aliphatic heterocycles. The van der Waals surface area contributed by atoms with E-state index in [4.69, 9.17) is 5.73 Å². The quantitative estimate of drug-likeness (QED) is 0.769. The predicted molar refractivity (Wildman–Crippen MR) is 101 cm³/mol. The van der Waals surface area contributed by atoms with Gasteiger partial charge in [-0.1, -0.05) is 56.3 Å². The highest BCUT2D eigenvalue weighted by molar-refractivity contribution is 5.48. The minimum Gasteiger partial charge on any atom is -0.330 e. The third kappa shape index (κ3) is 6.88. The lowest BCUT2D eigenvalue weighted by atomic mass is 9.82. The molecule has 0 aromatic heterocycles. The average molecular weight is 315 g/mol. The molecule has 0 unspecified atom stereocenters. The lowest BCUT2D eigenvalue weighted by Crippen LogP contribution is -2.35. The first kappa shape index (κ1) is 18.2. The Morgan fingerprint density at radius 3 is 2.35 bits per heavy atom.